The van der Waals surface area contributed by atoms with Crippen LogP contribution in [0.25, 0.3) is 11.1 Å². The molecule has 1 aromatic carbocycles. The largest absolute Gasteiger partial charge is 0.375 e. The molecule has 1 saturated heterocycles. The van der Waals surface area contributed by atoms with Crippen molar-refractivity contribution in [2.75, 3.05) is 51.8 Å². The Kier molecular flexibility index (Phi) is 9.02. The lowest BCUT2D eigenvalue weighted by atomic mass is 9.98. The van der Waals surface area contributed by atoms with Crippen molar-refractivity contribution in [3.8, 4) is 11.1 Å². The first-order chi connectivity index (χ1) is 16.7. The molecule has 0 atom stereocenters. The van der Waals surface area contributed by atoms with Gasteiger partial charge < -0.3 is 14.5 Å². The quantitative estimate of drug-likeness (QED) is 0.681. The van der Waals surface area contributed by atoms with Crippen molar-refractivity contribution in [3.63, 3.8) is 0 Å². The number of anilines is 1. The predicted octanol–water partition coefficient (Wildman–Crippen LogP) is 3.98. The predicted molar refractivity (Wildman–Crippen MR) is 136 cm³/mol. The molecule has 2 aliphatic rings. The lowest BCUT2D eigenvalue weighted by molar-refractivity contribution is -0.122. The van der Waals surface area contributed by atoms with Gasteiger partial charge in [-0.2, -0.15) is 0 Å². The zero-order valence-electron chi connectivity index (χ0n) is 20.8. The summed E-state index contributed by atoms with van der Waals surface area (Å²) in [5.74, 6) is 0.0300. The van der Waals surface area contributed by atoms with Gasteiger partial charge in [0.15, 0.2) is 0 Å². The van der Waals surface area contributed by atoms with E-state index in [-0.39, 0.29) is 12.5 Å². The second kappa shape index (κ2) is 12.4. The van der Waals surface area contributed by atoms with Crippen molar-refractivity contribution in [1.82, 2.24) is 19.8 Å². The molecule has 0 aliphatic carbocycles. The molecule has 0 spiro atoms. The van der Waals surface area contributed by atoms with Gasteiger partial charge in [0.1, 0.15) is 12.9 Å². The van der Waals surface area contributed by atoms with Crippen molar-refractivity contribution >= 4 is 11.6 Å². The summed E-state index contributed by atoms with van der Waals surface area (Å²) in [7, 11) is 3.81. The summed E-state index contributed by atoms with van der Waals surface area (Å²) >= 11 is 0. The fraction of sp³-hybridized carbons (Fsp3) is 0.593. The maximum atomic E-state index is 13.1. The summed E-state index contributed by atoms with van der Waals surface area (Å²) in [6.45, 7) is 5.09. The number of carbonyl (C=O) groups is 1. The van der Waals surface area contributed by atoms with Gasteiger partial charge in [-0.05, 0) is 75.6 Å². The Morgan fingerprint density at radius 3 is 2.41 bits per heavy atom. The van der Waals surface area contributed by atoms with E-state index in [1.807, 2.05) is 17.3 Å². The molecule has 34 heavy (non-hydrogen) atoms. The van der Waals surface area contributed by atoms with Crippen LogP contribution in [0, 0.1) is 0 Å². The molecule has 7 nitrogen and oxygen atoms in total. The standard InChI is InChI=1S/C27H39N5O2/c1-30-14-10-25(11-15-30)31-12-6-4-3-5-7-13-32(27(33)20-34-2)26-9-8-22(16-23(26)19-31)24-17-28-21-29-18-24/h8-9,16-18,21,25H,3-7,10-15,19-20H2,1-2H3. The Morgan fingerprint density at radius 1 is 0.971 bits per heavy atom. The second-order valence-electron chi connectivity index (χ2n) is 9.72. The number of nitrogens with zero attached hydrogens (tertiary/aromatic N) is 5. The zero-order valence-corrected chi connectivity index (χ0v) is 20.8. The molecular weight excluding hydrogens is 426 g/mol. The highest BCUT2D eigenvalue weighted by Gasteiger charge is 2.26. The van der Waals surface area contributed by atoms with Crippen LogP contribution in [0.5, 0.6) is 0 Å². The first-order valence-corrected chi connectivity index (χ1v) is 12.8. The lowest BCUT2D eigenvalue weighted by Crippen LogP contribution is -2.44. The van der Waals surface area contributed by atoms with E-state index in [4.69, 9.17) is 4.74 Å². The Morgan fingerprint density at radius 2 is 1.68 bits per heavy atom. The Hall–Kier alpha value is -2.35. The van der Waals surface area contributed by atoms with Gasteiger partial charge >= 0.3 is 0 Å². The highest BCUT2D eigenvalue weighted by molar-refractivity contribution is 5.95. The van der Waals surface area contributed by atoms with Gasteiger partial charge in [-0.25, -0.2) is 9.97 Å². The van der Waals surface area contributed by atoms with Crippen LogP contribution in [-0.2, 0) is 16.1 Å². The van der Waals surface area contributed by atoms with Crippen LogP contribution in [0.2, 0.25) is 0 Å². The van der Waals surface area contributed by atoms with E-state index < -0.39 is 0 Å². The number of piperidine rings is 1. The van der Waals surface area contributed by atoms with Crippen LogP contribution in [0.1, 0.15) is 50.5 Å². The molecule has 2 aromatic rings. The van der Waals surface area contributed by atoms with E-state index in [1.54, 1.807) is 13.4 Å². The average molecular weight is 466 g/mol. The number of amides is 1. The number of benzene rings is 1. The molecule has 0 saturated carbocycles. The first kappa shape index (κ1) is 24.8. The van der Waals surface area contributed by atoms with E-state index in [0.717, 1.165) is 62.4 Å². The molecule has 7 heteroatoms. The molecule has 4 rings (SSSR count). The van der Waals surface area contributed by atoms with Gasteiger partial charge in [-0.15, -0.1) is 0 Å². The molecule has 0 N–H and O–H groups in total. The monoisotopic (exact) mass is 465 g/mol. The van der Waals surface area contributed by atoms with Crippen LogP contribution in [0.4, 0.5) is 5.69 Å². The third-order valence-electron chi connectivity index (χ3n) is 7.24. The summed E-state index contributed by atoms with van der Waals surface area (Å²) in [5.41, 5.74) is 4.30. The van der Waals surface area contributed by atoms with Crippen molar-refractivity contribution < 1.29 is 9.53 Å². The van der Waals surface area contributed by atoms with Crippen LogP contribution in [0.3, 0.4) is 0 Å². The molecular formula is C27H39N5O2. The van der Waals surface area contributed by atoms with Crippen molar-refractivity contribution in [3.05, 3.63) is 42.5 Å². The van der Waals surface area contributed by atoms with E-state index in [9.17, 15) is 4.79 Å². The van der Waals surface area contributed by atoms with E-state index in [2.05, 4.69) is 45.0 Å². The van der Waals surface area contributed by atoms with Gasteiger partial charge in [-0.3, -0.25) is 9.69 Å². The Labute approximate surface area is 204 Å². The maximum absolute atomic E-state index is 13.1. The van der Waals surface area contributed by atoms with Crippen LogP contribution < -0.4 is 4.90 Å². The lowest BCUT2D eigenvalue weighted by Gasteiger charge is -2.38. The molecule has 184 valence electrons. The number of fused-ring (bicyclic) bond motifs is 1. The topological polar surface area (TPSA) is 61.8 Å². The molecule has 3 heterocycles. The highest BCUT2D eigenvalue weighted by atomic mass is 16.5. The van der Waals surface area contributed by atoms with Crippen molar-refractivity contribution in [2.24, 2.45) is 0 Å². The third kappa shape index (κ3) is 6.40. The zero-order chi connectivity index (χ0) is 23.8. The van der Waals surface area contributed by atoms with Gasteiger partial charge in [0.05, 0.1) is 0 Å². The SMILES string of the molecule is COCC(=O)N1CCCCCCCN(C2CCN(C)CC2)Cc2cc(-c3cncnc3)ccc21. The Bertz CT molecular complexity index is 914. The van der Waals surface area contributed by atoms with Crippen molar-refractivity contribution in [1.29, 1.82) is 0 Å². The number of ether oxygens (including phenoxy) is 1. The third-order valence-corrected chi connectivity index (χ3v) is 7.24. The molecule has 0 unspecified atom stereocenters. The van der Waals surface area contributed by atoms with Gasteiger partial charge in [0, 0.05) is 49.9 Å². The van der Waals surface area contributed by atoms with E-state index in [1.165, 1.54) is 37.7 Å². The molecule has 0 radical (unpaired) electrons. The van der Waals surface area contributed by atoms with E-state index in [0.29, 0.717) is 6.04 Å². The number of methoxy groups -OCH3 is 1. The van der Waals surface area contributed by atoms with Crippen LogP contribution in [-0.4, -0.2) is 78.7 Å². The number of hydrogen-bond donors (Lipinski definition) is 0. The normalized spacial score (nSPS) is 19.8. The second-order valence-corrected chi connectivity index (χ2v) is 9.72. The molecule has 1 fully saturated rings. The minimum absolute atomic E-state index is 0.0300. The Balaban J connectivity index is 1.72. The molecule has 1 aromatic heterocycles. The number of carbonyl (C=O) groups excluding carboxylic acids is 1. The number of rotatable bonds is 4. The average Bonchev–Trinajstić information content (AvgIpc) is 2.85. The molecule has 2 aliphatic heterocycles. The maximum Gasteiger partial charge on any atom is 0.252 e. The highest BCUT2D eigenvalue weighted by Crippen LogP contribution is 2.31. The summed E-state index contributed by atoms with van der Waals surface area (Å²) in [6.07, 6.45) is 13.6. The number of likely N-dealkylation sites (tertiary alicyclic amines) is 1. The number of aromatic nitrogens is 2. The van der Waals surface area contributed by atoms with E-state index >= 15 is 0 Å². The fourth-order valence-electron chi connectivity index (χ4n) is 5.27. The smallest absolute Gasteiger partial charge is 0.252 e. The summed E-state index contributed by atoms with van der Waals surface area (Å²) in [6, 6.07) is 7.04. The minimum atomic E-state index is 0.0300. The van der Waals surface area contributed by atoms with Gasteiger partial charge in [-0.1, -0.05) is 25.3 Å². The van der Waals surface area contributed by atoms with Crippen LogP contribution in [0.15, 0.2) is 36.9 Å². The first-order valence-electron chi connectivity index (χ1n) is 12.8. The van der Waals surface area contributed by atoms with Gasteiger partial charge in [0.2, 0.25) is 0 Å². The van der Waals surface area contributed by atoms with Gasteiger partial charge in [0.25, 0.3) is 5.91 Å². The molecule has 0 bridgehead atoms. The summed E-state index contributed by atoms with van der Waals surface area (Å²) < 4.78 is 5.24. The molecule has 1 amide bonds. The fourth-order valence-corrected chi connectivity index (χ4v) is 5.27. The summed E-state index contributed by atoms with van der Waals surface area (Å²) in [4.78, 5) is 28.6. The number of hydrogen-bond acceptors (Lipinski definition) is 6. The minimum Gasteiger partial charge on any atom is -0.375 e. The van der Waals surface area contributed by atoms with Crippen molar-refractivity contribution in [2.45, 2.75) is 57.5 Å². The van der Waals surface area contributed by atoms with Crippen LogP contribution >= 0.6 is 0 Å². The summed E-state index contributed by atoms with van der Waals surface area (Å²) in [5, 5.41) is 0.